The fourth-order valence-corrected chi connectivity index (χ4v) is 3.02. The monoisotopic (exact) mass is 305 g/mol. The van der Waals surface area contributed by atoms with Crippen molar-refractivity contribution in [2.75, 3.05) is 6.61 Å². The van der Waals surface area contributed by atoms with Gasteiger partial charge in [0.25, 0.3) is 0 Å². The van der Waals surface area contributed by atoms with E-state index >= 15 is 0 Å². The van der Waals surface area contributed by atoms with Crippen LogP contribution in [-0.4, -0.2) is 48.3 Å². The topological polar surface area (TPSA) is 138 Å². The number of carbonyl (C=O) groups excluding carboxylic acids is 1. The molecule has 0 aromatic carbocycles. The summed E-state index contributed by atoms with van der Waals surface area (Å²) in [5.74, 6) is -2.24. The third-order valence-corrected chi connectivity index (χ3v) is 4.04. The molecule has 1 atom stereocenters. The second-order valence-electron chi connectivity index (χ2n) is 3.93. The van der Waals surface area contributed by atoms with Crippen LogP contribution in [0, 0.1) is 6.92 Å². The summed E-state index contributed by atoms with van der Waals surface area (Å²) in [4.78, 5) is 21.8. The first-order valence-electron chi connectivity index (χ1n) is 5.68. The van der Waals surface area contributed by atoms with Crippen molar-refractivity contribution in [3.8, 4) is 0 Å². The number of carboxylic acids is 1. The van der Waals surface area contributed by atoms with E-state index < -0.39 is 38.6 Å². The molecule has 1 aromatic heterocycles. The molecule has 0 aliphatic heterocycles. The van der Waals surface area contributed by atoms with E-state index in [1.165, 1.54) is 13.8 Å². The number of nitrogens with zero attached hydrogens (tertiary/aromatic N) is 1. The Kier molecular flexibility index (Phi) is 4.84. The fraction of sp³-hybridized carbons (Fsp3) is 0.500. The first kappa shape index (κ1) is 16.1. The summed E-state index contributed by atoms with van der Waals surface area (Å²) in [5, 5.41) is 14.6. The molecular formula is C10H15N3O6S. The molecule has 0 amide bonds. The predicted molar refractivity (Wildman–Crippen MR) is 66.7 cm³/mol. The van der Waals surface area contributed by atoms with E-state index in [-0.39, 0.29) is 12.3 Å². The van der Waals surface area contributed by atoms with Gasteiger partial charge < -0.3 is 9.84 Å². The molecule has 10 heteroatoms. The molecule has 0 bridgehead atoms. The number of nitrogens with one attached hydrogen (secondary N) is 2. The van der Waals surface area contributed by atoms with E-state index in [1.54, 1.807) is 6.92 Å². The minimum atomic E-state index is -4.21. The van der Waals surface area contributed by atoms with Crippen molar-refractivity contribution in [3.05, 3.63) is 11.4 Å². The van der Waals surface area contributed by atoms with Crippen LogP contribution in [0.2, 0.25) is 0 Å². The summed E-state index contributed by atoms with van der Waals surface area (Å²) < 4.78 is 31.0. The van der Waals surface area contributed by atoms with Gasteiger partial charge in [0, 0.05) is 0 Å². The number of esters is 1. The molecule has 0 saturated heterocycles. The number of aromatic carboxylic acids is 1. The van der Waals surface area contributed by atoms with Crippen LogP contribution in [0.15, 0.2) is 4.90 Å². The van der Waals surface area contributed by atoms with Gasteiger partial charge in [-0.2, -0.15) is 9.82 Å². The third-order valence-electron chi connectivity index (χ3n) is 2.33. The quantitative estimate of drug-likeness (QED) is 0.610. The molecule has 0 spiro atoms. The molecule has 1 unspecified atom stereocenters. The van der Waals surface area contributed by atoms with Crippen LogP contribution in [0.3, 0.4) is 0 Å². The van der Waals surface area contributed by atoms with Crippen LogP contribution in [-0.2, 0) is 19.6 Å². The van der Waals surface area contributed by atoms with Crippen molar-refractivity contribution in [1.82, 2.24) is 14.9 Å². The maximum absolute atomic E-state index is 12.1. The minimum Gasteiger partial charge on any atom is -0.476 e. The lowest BCUT2D eigenvalue weighted by atomic mass is 10.4. The number of carboxylic acid groups (broad SMARTS) is 1. The van der Waals surface area contributed by atoms with Crippen LogP contribution < -0.4 is 4.72 Å². The zero-order valence-electron chi connectivity index (χ0n) is 11.1. The number of rotatable bonds is 6. The maximum atomic E-state index is 12.1. The van der Waals surface area contributed by atoms with Crippen molar-refractivity contribution < 1.29 is 27.9 Å². The first-order chi connectivity index (χ1) is 9.20. The molecule has 1 rings (SSSR count). The number of H-pyrrole nitrogens is 1. The molecule has 112 valence electrons. The Morgan fingerprint density at radius 2 is 2.10 bits per heavy atom. The fourth-order valence-electron chi connectivity index (χ4n) is 1.50. The van der Waals surface area contributed by atoms with Crippen LogP contribution in [0.4, 0.5) is 0 Å². The zero-order chi connectivity index (χ0) is 15.5. The van der Waals surface area contributed by atoms with Crippen LogP contribution in [0.1, 0.15) is 30.0 Å². The van der Waals surface area contributed by atoms with Gasteiger partial charge in [0.2, 0.25) is 10.0 Å². The molecule has 3 N–H and O–H groups in total. The molecule has 9 nitrogen and oxygen atoms in total. The molecule has 0 aliphatic rings. The second-order valence-corrected chi connectivity index (χ2v) is 5.58. The summed E-state index contributed by atoms with van der Waals surface area (Å²) >= 11 is 0. The van der Waals surface area contributed by atoms with E-state index in [0.29, 0.717) is 0 Å². The summed E-state index contributed by atoms with van der Waals surface area (Å²) in [6.07, 6.45) is 0. The Labute approximate surface area is 115 Å². The van der Waals surface area contributed by atoms with Crippen molar-refractivity contribution in [2.45, 2.75) is 31.7 Å². The Morgan fingerprint density at radius 3 is 2.60 bits per heavy atom. The van der Waals surface area contributed by atoms with Gasteiger partial charge in [0.05, 0.1) is 12.3 Å². The number of aryl methyl sites for hydroxylation is 1. The van der Waals surface area contributed by atoms with E-state index in [4.69, 9.17) is 5.11 Å². The summed E-state index contributed by atoms with van der Waals surface area (Å²) in [7, 11) is -4.21. The molecule has 1 aromatic rings. The Balaban J connectivity index is 3.09. The van der Waals surface area contributed by atoms with Crippen molar-refractivity contribution in [2.24, 2.45) is 0 Å². The average Bonchev–Trinajstić information content (AvgIpc) is 2.71. The highest BCUT2D eigenvalue weighted by atomic mass is 32.2. The molecule has 0 radical (unpaired) electrons. The second kappa shape index (κ2) is 6.01. The third kappa shape index (κ3) is 3.33. The van der Waals surface area contributed by atoms with Gasteiger partial charge >= 0.3 is 11.9 Å². The standard InChI is InChI=1S/C10H15N3O6S/c1-4-19-10(16)6(3)13-20(17,18)8-5(2)11-12-7(8)9(14)15/h6,13H,4H2,1-3H3,(H,11,12)(H,14,15). The van der Waals surface area contributed by atoms with Gasteiger partial charge in [-0.15, -0.1) is 0 Å². The number of hydrogen-bond acceptors (Lipinski definition) is 6. The van der Waals surface area contributed by atoms with Crippen molar-refractivity contribution >= 4 is 22.0 Å². The minimum absolute atomic E-state index is 0.0611. The Morgan fingerprint density at radius 1 is 1.50 bits per heavy atom. The Bertz CT molecular complexity index is 621. The molecule has 0 fully saturated rings. The van der Waals surface area contributed by atoms with Crippen LogP contribution >= 0.6 is 0 Å². The predicted octanol–water partition coefficient (Wildman–Crippen LogP) is -0.354. The van der Waals surface area contributed by atoms with E-state index in [0.717, 1.165) is 0 Å². The number of aromatic amines is 1. The van der Waals surface area contributed by atoms with Gasteiger partial charge in [0.15, 0.2) is 5.69 Å². The van der Waals surface area contributed by atoms with Crippen LogP contribution in [0.5, 0.6) is 0 Å². The number of carbonyl (C=O) groups is 2. The van der Waals surface area contributed by atoms with Crippen molar-refractivity contribution in [1.29, 1.82) is 0 Å². The number of aromatic nitrogens is 2. The molecule has 20 heavy (non-hydrogen) atoms. The molecule has 1 heterocycles. The van der Waals surface area contributed by atoms with Gasteiger partial charge in [0.1, 0.15) is 10.9 Å². The summed E-state index contributed by atoms with van der Waals surface area (Å²) in [5.41, 5.74) is -0.572. The lowest BCUT2D eigenvalue weighted by molar-refractivity contribution is -0.144. The zero-order valence-corrected chi connectivity index (χ0v) is 11.9. The normalized spacial score (nSPS) is 12.9. The molecular weight excluding hydrogens is 290 g/mol. The first-order valence-corrected chi connectivity index (χ1v) is 7.16. The smallest absolute Gasteiger partial charge is 0.357 e. The highest BCUT2D eigenvalue weighted by molar-refractivity contribution is 7.89. The highest BCUT2D eigenvalue weighted by Gasteiger charge is 2.31. The molecule has 0 aliphatic carbocycles. The van der Waals surface area contributed by atoms with E-state index in [2.05, 4.69) is 19.7 Å². The van der Waals surface area contributed by atoms with Gasteiger partial charge in [-0.25, -0.2) is 13.2 Å². The average molecular weight is 305 g/mol. The summed E-state index contributed by atoms with van der Waals surface area (Å²) in [6.45, 7) is 4.35. The highest BCUT2D eigenvalue weighted by Crippen LogP contribution is 2.17. The lowest BCUT2D eigenvalue weighted by Crippen LogP contribution is -2.40. The van der Waals surface area contributed by atoms with Gasteiger partial charge in [-0.05, 0) is 20.8 Å². The number of ether oxygens (including phenoxy) is 1. The van der Waals surface area contributed by atoms with E-state index in [9.17, 15) is 18.0 Å². The van der Waals surface area contributed by atoms with Crippen LogP contribution in [0.25, 0.3) is 0 Å². The Hall–Kier alpha value is -1.94. The van der Waals surface area contributed by atoms with Gasteiger partial charge in [-0.1, -0.05) is 0 Å². The summed E-state index contributed by atoms with van der Waals surface area (Å²) in [6, 6.07) is -1.14. The van der Waals surface area contributed by atoms with E-state index in [1.807, 2.05) is 0 Å². The SMILES string of the molecule is CCOC(=O)C(C)NS(=O)(=O)c1c(C(=O)O)n[nH]c1C. The largest absolute Gasteiger partial charge is 0.476 e. The van der Waals surface area contributed by atoms with Crippen molar-refractivity contribution in [3.63, 3.8) is 0 Å². The lowest BCUT2D eigenvalue weighted by Gasteiger charge is -2.13. The number of sulfonamides is 1. The van der Waals surface area contributed by atoms with Gasteiger partial charge in [-0.3, -0.25) is 9.89 Å². The molecule has 0 saturated carbocycles. The maximum Gasteiger partial charge on any atom is 0.357 e. The number of hydrogen-bond donors (Lipinski definition) is 3.